The number of rotatable bonds is 2. The highest BCUT2D eigenvalue weighted by molar-refractivity contribution is 5.43. The lowest BCUT2D eigenvalue weighted by molar-refractivity contribution is 0.0709. The third-order valence-electron chi connectivity index (χ3n) is 3.28. The largest absolute Gasteiger partial charge is 0.384 e. The minimum Gasteiger partial charge on any atom is -0.384 e. The molecule has 0 radical (unpaired) electrons. The standard InChI is InChI=1S/C16H20N2O2/c1-10-6-7-11(2)13(8-10)18-12(3)9-14(19)15(17-18)16(4,5)20/h6-9,20H,1-5H3. The molecule has 0 unspecified atom stereocenters. The van der Waals surface area contributed by atoms with E-state index < -0.39 is 5.60 Å². The van der Waals surface area contributed by atoms with Crippen LogP contribution in [0.3, 0.4) is 0 Å². The van der Waals surface area contributed by atoms with Gasteiger partial charge in [0.2, 0.25) is 5.43 Å². The van der Waals surface area contributed by atoms with Crippen molar-refractivity contribution >= 4 is 0 Å². The molecule has 20 heavy (non-hydrogen) atoms. The van der Waals surface area contributed by atoms with Gasteiger partial charge in [-0.1, -0.05) is 12.1 Å². The molecular weight excluding hydrogens is 252 g/mol. The zero-order valence-corrected chi connectivity index (χ0v) is 12.6. The van der Waals surface area contributed by atoms with Crippen molar-refractivity contribution in [2.24, 2.45) is 0 Å². The van der Waals surface area contributed by atoms with Gasteiger partial charge in [0, 0.05) is 11.8 Å². The Labute approximate surface area is 118 Å². The van der Waals surface area contributed by atoms with Crippen molar-refractivity contribution in [3.63, 3.8) is 0 Å². The van der Waals surface area contributed by atoms with Crippen LogP contribution in [-0.4, -0.2) is 14.9 Å². The first-order valence-electron chi connectivity index (χ1n) is 6.61. The van der Waals surface area contributed by atoms with Crippen LogP contribution in [0.25, 0.3) is 5.69 Å². The summed E-state index contributed by atoms with van der Waals surface area (Å²) in [5.74, 6) is 0. The predicted octanol–water partition coefficient (Wildman–Crippen LogP) is 2.39. The van der Waals surface area contributed by atoms with Crippen LogP contribution in [0, 0.1) is 20.8 Å². The van der Waals surface area contributed by atoms with Gasteiger partial charge in [0.1, 0.15) is 11.3 Å². The van der Waals surface area contributed by atoms with E-state index in [0.29, 0.717) is 0 Å². The predicted molar refractivity (Wildman–Crippen MR) is 79.3 cm³/mol. The number of hydrogen-bond donors (Lipinski definition) is 1. The molecule has 0 bridgehead atoms. The summed E-state index contributed by atoms with van der Waals surface area (Å²) in [6, 6.07) is 7.59. The molecule has 4 nitrogen and oxygen atoms in total. The SMILES string of the molecule is Cc1ccc(C)c(-n2nc(C(C)(C)O)c(=O)cc2C)c1. The Morgan fingerprint density at radius 1 is 1.15 bits per heavy atom. The molecule has 0 aliphatic heterocycles. The van der Waals surface area contributed by atoms with E-state index in [9.17, 15) is 9.90 Å². The van der Waals surface area contributed by atoms with Crippen molar-refractivity contribution in [3.8, 4) is 5.69 Å². The molecule has 1 heterocycles. The van der Waals surface area contributed by atoms with Gasteiger partial charge in [-0.15, -0.1) is 0 Å². The Morgan fingerprint density at radius 3 is 2.40 bits per heavy atom. The van der Waals surface area contributed by atoms with E-state index in [0.717, 1.165) is 22.5 Å². The first-order chi connectivity index (χ1) is 9.20. The van der Waals surface area contributed by atoms with Crippen LogP contribution >= 0.6 is 0 Å². The second-order valence-corrected chi connectivity index (χ2v) is 5.76. The normalized spacial score (nSPS) is 11.7. The Hall–Kier alpha value is -1.94. The average Bonchev–Trinajstić information content (AvgIpc) is 2.31. The summed E-state index contributed by atoms with van der Waals surface area (Å²) in [7, 11) is 0. The molecule has 2 rings (SSSR count). The van der Waals surface area contributed by atoms with Crippen molar-refractivity contribution in [1.29, 1.82) is 0 Å². The van der Waals surface area contributed by atoms with E-state index >= 15 is 0 Å². The van der Waals surface area contributed by atoms with E-state index in [-0.39, 0.29) is 11.1 Å². The maximum atomic E-state index is 12.0. The number of nitrogens with zero attached hydrogens (tertiary/aromatic N) is 2. The lowest BCUT2D eigenvalue weighted by Gasteiger charge is -2.19. The van der Waals surface area contributed by atoms with Gasteiger partial charge in [-0.2, -0.15) is 5.10 Å². The number of hydrogen-bond acceptors (Lipinski definition) is 3. The average molecular weight is 272 g/mol. The third kappa shape index (κ3) is 2.65. The van der Waals surface area contributed by atoms with Crippen LogP contribution in [0.15, 0.2) is 29.1 Å². The summed E-state index contributed by atoms with van der Waals surface area (Å²) in [4.78, 5) is 12.0. The van der Waals surface area contributed by atoms with Crippen LogP contribution in [0.5, 0.6) is 0 Å². The summed E-state index contributed by atoms with van der Waals surface area (Å²) < 4.78 is 1.72. The number of benzene rings is 1. The smallest absolute Gasteiger partial charge is 0.206 e. The first-order valence-corrected chi connectivity index (χ1v) is 6.61. The van der Waals surface area contributed by atoms with Crippen molar-refractivity contribution in [2.45, 2.75) is 40.2 Å². The fourth-order valence-corrected chi connectivity index (χ4v) is 2.16. The zero-order valence-electron chi connectivity index (χ0n) is 12.6. The molecule has 4 heteroatoms. The van der Waals surface area contributed by atoms with Crippen LogP contribution in [0.1, 0.15) is 36.4 Å². The van der Waals surface area contributed by atoms with Crippen LogP contribution in [0.4, 0.5) is 0 Å². The molecule has 0 spiro atoms. The van der Waals surface area contributed by atoms with E-state index in [2.05, 4.69) is 5.10 Å². The van der Waals surface area contributed by atoms with Crippen LogP contribution in [-0.2, 0) is 5.60 Å². The van der Waals surface area contributed by atoms with Gasteiger partial charge in [-0.25, -0.2) is 4.68 Å². The Kier molecular flexibility index (Phi) is 3.52. The number of aromatic nitrogens is 2. The van der Waals surface area contributed by atoms with Crippen molar-refractivity contribution in [1.82, 2.24) is 9.78 Å². The van der Waals surface area contributed by atoms with Crippen LogP contribution < -0.4 is 5.43 Å². The molecule has 0 amide bonds. The Bertz CT molecular complexity index is 709. The minimum atomic E-state index is -1.26. The lowest BCUT2D eigenvalue weighted by atomic mass is 10.0. The highest BCUT2D eigenvalue weighted by atomic mass is 16.3. The minimum absolute atomic E-state index is 0.156. The van der Waals surface area contributed by atoms with E-state index in [4.69, 9.17) is 0 Å². The lowest BCUT2D eigenvalue weighted by Crippen LogP contribution is -2.30. The summed E-state index contributed by atoms with van der Waals surface area (Å²) in [5.41, 5.74) is 2.52. The summed E-state index contributed by atoms with van der Waals surface area (Å²) in [5, 5.41) is 14.4. The fraction of sp³-hybridized carbons (Fsp3) is 0.375. The molecule has 0 aliphatic rings. The van der Waals surface area contributed by atoms with Gasteiger partial charge in [-0.3, -0.25) is 4.79 Å². The third-order valence-corrected chi connectivity index (χ3v) is 3.28. The van der Waals surface area contributed by atoms with Gasteiger partial charge < -0.3 is 5.11 Å². The highest BCUT2D eigenvalue weighted by Gasteiger charge is 2.23. The fourth-order valence-electron chi connectivity index (χ4n) is 2.16. The van der Waals surface area contributed by atoms with Crippen molar-refractivity contribution in [3.05, 3.63) is 57.0 Å². The first kappa shape index (κ1) is 14.5. The molecule has 1 aromatic heterocycles. The zero-order chi connectivity index (χ0) is 15.1. The number of aryl methyl sites for hydroxylation is 3. The van der Waals surface area contributed by atoms with Gasteiger partial charge >= 0.3 is 0 Å². The molecule has 0 atom stereocenters. The maximum absolute atomic E-state index is 12.0. The molecule has 0 fully saturated rings. The van der Waals surface area contributed by atoms with E-state index in [1.54, 1.807) is 18.5 Å². The molecule has 1 N–H and O–H groups in total. The van der Waals surface area contributed by atoms with E-state index in [1.807, 2.05) is 39.0 Å². The topological polar surface area (TPSA) is 55.1 Å². The van der Waals surface area contributed by atoms with Gasteiger partial charge in [0.05, 0.1) is 5.69 Å². The summed E-state index contributed by atoms with van der Waals surface area (Å²) in [6.45, 7) is 8.98. The van der Waals surface area contributed by atoms with Crippen molar-refractivity contribution < 1.29 is 5.11 Å². The molecular formula is C16H20N2O2. The molecule has 0 saturated heterocycles. The molecule has 0 saturated carbocycles. The Balaban J connectivity index is 2.75. The van der Waals surface area contributed by atoms with Gasteiger partial charge in [0.25, 0.3) is 0 Å². The maximum Gasteiger partial charge on any atom is 0.206 e. The summed E-state index contributed by atoms with van der Waals surface area (Å²) in [6.07, 6.45) is 0. The molecule has 1 aromatic carbocycles. The molecule has 0 aliphatic carbocycles. The Morgan fingerprint density at radius 2 is 1.80 bits per heavy atom. The second kappa shape index (κ2) is 4.87. The molecule has 2 aromatic rings. The van der Waals surface area contributed by atoms with E-state index in [1.165, 1.54) is 6.07 Å². The van der Waals surface area contributed by atoms with Gasteiger partial charge in [-0.05, 0) is 51.8 Å². The monoisotopic (exact) mass is 272 g/mol. The van der Waals surface area contributed by atoms with Crippen molar-refractivity contribution in [2.75, 3.05) is 0 Å². The quantitative estimate of drug-likeness (QED) is 0.913. The highest BCUT2D eigenvalue weighted by Crippen LogP contribution is 2.19. The summed E-state index contributed by atoms with van der Waals surface area (Å²) >= 11 is 0. The second-order valence-electron chi connectivity index (χ2n) is 5.76. The number of aliphatic hydroxyl groups is 1. The van der Waals surface area contributed by atoms with Crippen LogP contribution in [0.2, 0.25) is 0 Å². The van der Waals surface area contributed by atoms with Gasteiger partial charge in [0.15, 0.2) is 0 Å². The molecule has 106 valence electrons.